The van der Waals surface area contributed by atoms with Crippen LogP contribution in [-0.2, 0) is 6.54 Å². The zero-order valence-electron chi connectivity index (χ0n) is 11.1. The Balaban J connectivity index is 2.30. The molecule has 0 radical (unpaired) electrons. The number of aromatic nitrogens is 3. The highest BCUT2D eigenvalue weighted by Crippen LogP contribution is 2.21. The van der Waals surface area contributed by atoms with Gasteiger partial charge in [0.05, 0.1) is 22.6 Å². The van der Waals surface area contributed by atoms with Gasteiger partial charge in [0.15, 0.2) is 0 Å². The summed E-state index contributed by atoms with van der Waals surface area (Å²) in [6, 6.07) is 3.32. The molecule has 0 bridgehead atoms. The monoisotopic (exact) mass is 278 g/mol. The van der Waals surface area contributed by atoms with Crippen molar-refractivity contribution in [3.63, 3.8) is 0 Å². The van der Waals surface area contributed by atoms with E-state index in [0.29, 0.717) is 5.56 Å². The van der Waals surface area contributed by atoms with E-state index in [1.807, 2.05) is 25.5 Å². The first-order valence-corrected chi connectivity index (χ1v) is 6.38. The summed E-state index contributed by atoms with van der Waals surface area (Å²) >= 11 is 5.90. The summed E-state index contributed by atoms with van der Waals surface area (Å²) in [6.45, 7) is 6.54. The van der Waals surface area contributed by atoms with E-state index in [0.717, 1.165) is 23.6 Å². The van der Waals surface area contributed by atoms with Crippen molar-refractivity contribution in [2.45, 2.75) is 27.3 Å². The predicted molar refractivity (Wildman–Crippen MR) is 74.6 cm³/mol. The summed E-state index contributed by atoms with van der Waals surface area (Å²) in [4.78, 5) is 16.1. The first-order chi connectivity index (χ1) is 9.04. The van der Waals surface area contributed by atoms with Crippen LogP contribution in [0.25, 0.3) is 0 Å². The molecule has 1 amide bonds. The third kappa shape index (κ3) is 2.61. The maximum Gasteiger partial charge on any atom is 0.258 e. The summed E-state index contributed by atoms with van der Waals surface area (Å²) in [6.07, 6.45) is 1.55. The second-order valence-electron chi connectivity index (χ2n) is 4.16. The largest absolute Gasteiger partial charge is 0.319 e. The standard InChI is InChI=1S/C13H15ClN4O/c1-4-18-9(3)11(8(2)17-18)16-13(19)10-6-5-7-15-12(10)14/h5-7H,4H2,1-3H3,(H,16,19). The highest BCUT2D eigenvalue weighted by molar-refractivity contribution is 6.33. The van der Waals surface area contributed by atoms with E-state index in [4.69, 9.17) is 11.6 Å². The zero-order valence-corrected chi connectivity index (χ0v) is 11.8. The fourth-order valence-corrected chi connectivity index (χ4v) is 2.13. The summed E-state index contributed by atoms with van der Waals surface area (Å²) in [7, 11) is 0. The Morgan fingerprint density at radius 3 is 2.79 bits per heavy atom. The minimum absolute atomic E-state index is 0.193. The van der Waals surface area contributed by atoms with Gasteiger partial charge in [0, 0.05) is 12.7 Å². The van der Waals surface area contributed by atoms with Crippen molar-refractivity contribution < 1.29 is 4.79 Å². The van der Waals surface area contributed by atoms with Gasteiger partial charge in [0.2, 0.25) is 0 Å². The molecule has 100 valence electrons. The second kappa shape index (κ2) is 5.40. The fraction of sp³-hybridized carbons (Fsp3) is 0.308. The van der Waals surface area contributed by atoms with E-state index in [1.54, 1.807) is 18.3 Å². The molecule has 0 saturated carbocycles. The molecule has 0 spiro atoms. The van der Waals surface area contributed by atoms with Crippen molar-refractivity contribution in [1.82, 2.24) is 14.8 Å². The molecule has 2 aromatic rings. The van der Waals surface area contributed by atoms with Crippen molar-refractivity contribution in [2.24, 2.45) is 0 Å². The summed E-state index contributed by atoms with van der Waals surface area (Å²) in [5.41, 5.74) is 2.79. The molecular formula is C13H15ClN4O. The van der Waals surface area contributed by atoms with E-state index < -0.39 is 0 Å². The maximum absolute atomic E-state index is 12.2. The molecule has 0 aliphatic carbocycles. The molecular weight excluding hydrogens is 264 g/mol. The first kappa shape index (κ1) is 13.5. The van der Waals surface area contributed by atoms with Crippen LogP contribution in [0, 0.1) is 13.8 Å². The molecule has 0 aliphatic heterocycles. The number of halogens is 1. The van der Waals surface area contributed by atoms with Gasteiger partial charge in [-0.05, 0) is 32.9 Å². The number of pyridine rings is 1. The van der Waals surface area contributed by atoms with E-state index in [1.165, 1.54) is 0 Å². The molecule has 2 heterocycles. The smallest absolute Gasteiger partial charge is 0.258 e. The van der Waals surface area contributed by atoms with Crippen LogP contribution >= 0.6 is 11.6 Å². The zero-order chi connectivity index (χ0) is 14.0. The van der Waals surface area contributed by atoms with Gasteiger partial charge in [-0.2, -0.15) is 5.10 Å². The topological polar surface area (TPSA) is 59.8 Å². The fourth-order valence-electron chi connectivity index (χ4n) is 1.92. The quantitative estimate of drug-likeness (QED) is 0.878. The van der Waals surface area contributed by atoms with Gasteiger partial charge < -0.3 is 5.32 Å². The Hall–Kier alpha value is -1.88. The van der Waals surface area contributed by atoms with Crippen LogP contribution in [-0.4, -0.2) is 20.7 Å². The second-order valence-corrected chi connectivity index (χ2v) is 4.52. The lowest BCUT2D eigenvalue weighted by Gasteiger charge is -2.06. The Kier molecular flexibility index (Phi) is 3.85. The Bertz CT molecular complexity index is 621. The average Bonchev–Trinajstić information content (AvgIpc) is 2.66. The number of rotatable bonds is 3. The maximum atomic E-state index is 12.2. The molecule has 5 nitrogen and oxygen atoms in total. The highest BCUT2D eigenvalue weighted by Gasteiger charge is 2.16. The van der Waals surface area contributed by atoms with Crippen LogP contribution in [0.1, 0.15) is 28.7 Å². The van der Waals surface area contributed by atoms with Crippen molar-refractivity contribution in [1.29, 1.82) is 0 Å². The van der Waals surface area contributed by atoms with Crippen molar-refractivity contribution in [3.05, 3.63) is 40.4 Å². The normalized spacial score (nSPS) is 10.5. The van der Waals surface area contributed by atoms with Gasteiger partial charge in [0.1, 0.15) is 5.15 Å². The lowest BCUT2D eigenvalue weighted by molar-refractivity contribution is 0.102. The van der Waals surface area contributed by atoms with E-state index in [2.05, 4.69) is 15.4 Å². The minimum atomic E-state index is -0.278. The molecule has 2 rings (SSSR count). The first-order valence-electron chi connectivity index (χ1n) is 6.00. The predicted octanol–water partition coefficient (Wildman–Crippen LogP) is 2.82. The number of hydrogen-bond acceptors (Lipinski definition) is 3. The molecule has 2 aromatic heterocycles. The number of nitrogens with zero attached hydrogens (tertiary/aromatic N) is 3. The van der Waals surface area contributed by atoms with Crippen LogP contribution in [0.4, 0.5) is 5.69 Å². The molecule has 1 N–H and O–H groups in total. The van der Waals surface area contributed by atoms with Crippen LogP contribution in [0.15, 0.2) is 18.3 Å². The van der Waals surface area contributed by atoms with E-state index >= 15 is 0 Å². The third-order valence-corrected chi connectivity index (χ3v) is 3.22. The minimum Gasteiger partial charge on any atom is -0.319 e. The van der Waals surface area contributed by atoms with Gasteiger partial charge in [-0.3, -0.25) is 9.48 Å². The van der Waals surface area contributed by atoms with Crippen molar-refractivity contribution in [2.75, 3.05) is 5.32 Å². The number of hydrogen-bond donors (Lipinski definition) is 1. The van der Waals surface area contributed by atoms with E-state index in [-0.39, 0.29) is 11.1 Å². The molecule has 0 saturated heterocycles. The number of anilines is 1. The Morgan fingerprint density at radius 1 is 1.47 bits per heavy atom. The third-order valence-electron chi connectivity index (χ3n) is 2.92. The highest BCUT2D eigenvalue weighted by atomic mass is 35.5. The molecule has 0 unspecified atom stereocenters. The molecule has 19 heavy (non-hydrogen) atoms. The van der Waals surface area contributed by atoms with Crippen LogP contribution in [0.2, 0.25) is 5.15 Å². The number of carbonyl (C=O) groups is 1. The number of amides is 1. The summed E-state index contributed by atoms with van der Waals surface area (Å²) in [5.74, 6) is -0.278. The summed E-state index contributed by atoms with van der Waals surface area (Å²) < 4.78 is 1.84. The molecule has 0 fully saturated rings. The van der Waals surface area contributed by atoms with Gasteiger partial charge in [-0.25, -0.2) is 4.98 Å². The van der Waals surface area contributed by atoms with Gasteiger partial charge in [-0.1, -0.05) is 11.6 Å². The van der Waals surface area contributed by atoms with Gasteiger partial charge in [-0.15, -0.1) is 0 Å². The number of nitrogens with one attached hydrogen (secondary N) is 1. The van der Waals surface area contributed by atoms with Gasteiger partial charge in [0.25, 0.3) is 5.91 Å². The molecule has 0 aromatic carbocycles. The van der Waals surface area contributed by atoms with Crippen LogP contribution in [0.5, 0.6) is 0 Å². The lowest BCUT2D eigenvalue weighted by atomic mass is 10.2. The molecule has 0 aliphatic rings. The molecule has 0 atom stereocenters. The lowest BCUT2D eigenvalue weighted by Crippen LogP contribution is -2.14. The Labute approximate surface area is 116 Å². The Morgan fingerprint density at radius 2 is 2.21 bits per heavy atom. The van der Waals surface area contributed by atoms with Crippen molar-refractivity contribution >= 4 is 23.2 Å². The summed E-state index contributed by atoms with van der Waals surface area (Å²) in [5, 5.41) is 7.39. The number of carbonyl (C=O) groups excluding carboxylic acids is 1. The average molecular weight is 279 g/mol. The van der Waals surface area contributed by atoms with Crippen LogP contribution < -0.4 is 5.32 Å². The van der Waals surface area contributed by atoms with Crippen LogP contribution in [0.3, 0.4) is 0 Å². The molecule has 6 heteroatoms. The SMILES string of the molecule is CCn1nc(C)c(NC(=O)c2cccnc2Cl)c1C. The number of aryl methyl sites for hydroxylation is 2. The van der Waals surface area contributed by atoms with Crippen molar-refractivity contribution in [3.8, 4) is 0 Å². The van der Waals surface area contributed by atoms with Gasteiger partial charge >= 0.3 is 0 Å². The van der Waals surface area contributed by atoms with E-state index in [9.17, 15) is 4.79 Å².